The highest BCUT2D eigenvalue weighted by Crippen LogP contribution is 2.20. The van der Waals surface area contributed by atoms with Crippen LogP contribution in [0.5, 0.6) is 5.75 Å². The third-order valence-electron chi connectivity index (χ3n) is 1.99. The molecule has 0 spiro atoms. The summed E-state index contributed by atoms with van der Waals surface area (Å²) < 4.78 is 4.68. The smallest absolute Gasteiger partial charge is 0.512 e. The lowest BCUT2D eigenvalue weighted by atomic mass is 10.1. The minimum Gasteiger partial charge on any atom is -0.512 e. The molecule has 1 aromatic heterocycles. The van der Waals surface area contributed by atoms with Gasteiger partial charge in [0.1, 0.15) is 12.1 Å². The van der Waals surface area contributed by atoms with Crippen LogP contribution in [0.4, 0.5) is 0 Å². The molecule has 5 nitrogen and oxygen atoms in total. The fourth-order valence-corrected chi connectivity index (χ4v) is 1.30. The van der Waals surface area contributed by atoms with Crippen molar-refractivity contribution in [1.82, 2.24) is 9.97 Å². The first kappa shape index (κ1) is 10.6. The van der Waals surface area contributed by atoms with Gasteiger partial charge in [-0.1, -0.05) is 12.1 Å². The third-order valence-corrected chi connectivity index (χ3v) is 1.99. The summed E-state index contributed by atoms with van der Waals surface area (Å²) in [7, 11) is -1.80. The molecule has 0 unspecified atom stereocenters. The highest BCUT2D eigenvalue weighted by molar-refractivity contribution is 6.33. The highest BCUT2D eigenvalue weighted by atomic mass is 16.6. The molecule has 0 amide bonds. The van der Waals surface area contributed by atoms with Crippen molar-refractivity contribution in [2.45, 2.75) is 0 Å². The van der Waals surface area contributed by atoms with E-state index in [1.807, 2.05) is 0 Å². The van der Waals surface area contributed by atoms with Crippen LogP contribution in [-0.4, -0.2) is 27.3 Å². The molecular formula is C10H9BN2O3. The van der Waals surface area contributed by atoms with Crippen molar-refractivity contribution in [3.8, 4) is 16.9 Å². The number of benzene rings is 1. The predicted molar refractivity (Wildman–Crippen MR) is 58.3 cm³/mol. The average molecular weight is 216 g/mol. The molecule has 0 fully saturated rings. The van der Waals surface area contributed by atoms with Crippen LogP contribution in [0.25, 0.3) is 11.1 Å². The summed E-state index contributed by atoms with van der Waals surface area (Å²) in [4.78, 5) is 7.82. The van der Waals surface area contributed by atoms with E-state index in [0.717, 1.165) is 11.1 Å². The quantitative estimate of drug-likeness (QED) is 0.730. The van der Waals surface area contributed by atoms with Crippen molar-refractivity contribution in [3.63, 3.8) is 0 Å². The minimum atomic E-state index is -1.80. The molecule has 0 aliphatic rings. The molecule has 0 bridgehead atoms. The summed E-state index contributed by atoms with van der Waals surface area (Å²) in [5.74, 6) is 0.385. The Balaban J connectivity index is 2.20. The summed E-state index contributed by atoms with van der Waals surface area (Å²) in [5.41, 5.74) is 1.82. The lowest BCUT2D eigenvalue weighted by molar-refractivity contribution is 0.288. The first-order valence-corrected chi connectivity index (χ1v) is 4.64. The van der Waals surface area contributed by atoms with Gasteiger partial charge in [-0.2, -0.15) is 0 Å². The van der Waals surface area contributed by atoms with Crippen molar-refractivity contribution in [3.05, 3.63) is 43.0 Å². The van der Waals surface area contributed by atoms with Gasteiger partial charge in [-0.3, -0.25) is 0 Å². The Hall–Kier alpha value is -1.92. The predicted octanol–water partition coefficient (Wildman–Crippen LogP) is 0.492. The number of nitrogens with zero attached hydrogens (tertiary/aromatic N) is 2. The molecule has 0 aliphatic carbocycles. The van der Waals surface area contributed by atoms with Gasteiger partial charge in [-0.05, 0) is 17.7 Å². The molecule has 0 saturated heterocycles. The monoisotopic (exact) mass is 216 g/mol. The van der Waals surface area contributed by atoms with Crippen LogP contribution in [0.15, 0.2) is 43.0 Å². The van der Waals surface area contributed by atoms with Gasteiger partial charge in [-0.15, -0.1) is 0 Å². The molecule has 0 aliphatic heterocycles. The van der Waals surface area contributed by atoms with Crippen molar-refractivity contribution >= 4 is 7.32 Å². The van der Waals surface area contributed by atoms with E-state index in [1.165, 1.54) is 6.33 Å². The molecule has 2 rings (SSSR count). The van der Waals surface area contributed by atoms with Crippen LogP contribution in [0.2, 0.25) is 0 Å². The Kier molecular flexibility index (Phi) is 3.14. The Morgan fingerprint density at radius 1 is 0.938 bits per heavy atom. The maximum absolute atomic E-state index is 8.61. The van der Waals surface area contributed by atoms with Crippen molar-refractivity contribution in [2.24, 2.45) is 0 Å². The fourth-order valence-electron chi connectivity index (χ4n) is 1.30. The van der Waals surface area contributed by atoms with Gasteiger partial charge < -0.3 is 14.7 Å². The van der Waals surface area contributed by atoms with E-state index in [9.17, 15) is 0 Å². The Bertz CT molecular complexity index is 447. The molecule has 0 radical (unpaired) electrons. The largest absolute Gasteiger partial charge is 0.707 e. The molecule has 2 aromatic rings. The molecular weight excluding hydrogens is 207 g/mol. The lowest BCUT2D eigenvalue weighted by Gasteiger charge is -2.05. The standard InChI is InChI=1S/C10H9BN2O3/c14-11(15)16-10-3-1-8(2-4-10)9-5-12-7-13-6-9/h1-7,14-15H. The number of rotatable bonds is 3. The van der Waals surface area contributed by atoms with E-state index < -0.39 is 7.32 Å². The lowest BCUT2D eigenvalue weighted by Crippen LogP contribution is -2.20. The zero-order valence-corrected chi connectivity index (χ0v) is 8.32. The molecule has 1 heterocycles. The van der Waals surface area contributed by atoms with E-state index in [4.69, 9.17) is 10.0 Å². The normalized spacial score (nSPS) is 9.88. The van der Waals surface area contributed by atoms with Crippen LogP contribution >= 0.6 is 0 Å². The summed E-state index contributed by atoms with van der Waals surface area (Å²) in [6.07, 6.45) is 4.86. The highest BCUT2D eigenvalue weighted by Gasteiger charge is 2.10. The van der Waals surface area contributed by atoms with Crippen LogP contribution < -0.4 is 4.65 Å². The second-order valence-corrected chi connectivity index (χ2v) is 3.10. The van der Waals surface area contributed by atoms with Gasteiger partial charge in [0.15, 0.2) is 0 Å². The Labute approximate surface area is 92.6 Å². The van der Waals surface area contributed by atoms with Gasteiger partial charge >= 0.3 is 7.32 Å². The van der Waals surface area contributed by atoms with Crippen molar-refractivity contribution in [2.75, 3.05) is 0 Å². The summed E-state index contributed by atoms with van der Waals surface area (Å²) in [6, 6.07) is 6.86. The van der Waals surface area contributed by atoms with Gasteiger partial charge in [0, 0.05) is 18.0 Å². The average Bonchev–Trinajstić information content (AvgIpc) is 2.30. The molecule has 6 heteroatoms. The van der Waals surface area contributed by atoms with E-state index >= 15 is 0 Å². The maximum Gasteiger partial charge on any atom is 0.707 e. The summed E-state index contributed by atoms with van der Waals surface area (Å²) in [6.45, 7) is 0. The van der Waals surface area contributed by atoms with E-state index in [-0.39, 0.29) is 0 Å². The fraction of sp³-hybridized carbons (Fsp3) is 0. The van der Waals surface area contributed by atoms with Gasteiger partial charge in [0.25, 0.3) is 0 Å². The van der Waals surface area contributed by atoms with Crippen molar-refractivity contribution in [1.29, 1.82) is 0 Å². The van der Waals surface area contributed by atoms with E-state index in [2.05, 4.69) is 14.6 Å². The van der Waals surface area contributed by atoms with Gasteiger partial charge in [0.05, 0.1) is 0 Å². The van der Waals surface area contributed by atoms with Crippen molar-refractivity contribution < 1.29 is 14.7 Å². The van der Waals surface area contributed by atoms with E-state index in [0.29, 0.717) is 5.75 Å². The van der Waals surface area contributed by atoms with E-state index in [1.54, 1.807) is 36.7 Å². The SMILES string of the molecule is OB(O)Oc1ccc(-c2cncnc2)cc1. The second-order valence-electron chi connectivity index (χ2n) is 3.10. The summed E-state index contributed by atoms with van der Waals surface area (Å²) >= 11 is 0. The molecule has 80 valence electrons. The Morgan fingerprint density at radius 3 is 2.12 bits per heavy atom. The molecule has 0 saturated carbocycles. The number of hydrogen-bond donors (Lipinski definition) is 2. The first-order chi connectivity index (χ1) is 7.75. The summed E-state index contributed by atoms with van der Waals surface area (Å²) in [5, 5.41) is 17.2. The zero-order valence-electron chi connectivity index (χ0n) is 8.32. The maximum atomic E-state index is 8.61. The number of hydrogen-bond acceptors (Lipinski definition) is 5. The number of aromatic nitrogens is 2. The Morgan fingerprint density at radius 2 is 1.56 bits per heavy atom. The molecule has 2 N–H and O–H groups in total. The first-order valence-electron chi connectivity index (χ1n) is 4.64. The van der Waals surface area contributed by atoms with Gasteiger partial charge in [-0.25, -0.2) is 9.97 Å². The third kappa shape index (κ3) is 2.56. The molecule has 1 aromatic carbocycles. The minimum absolute atomic E-state index is 0.385. The van der Waals surface area contributed by atoms with Crippen LogP contribution in [0.3, 0.4) is 0 Å². The topological polar surface area (TPSA) is 75.5 Å². The van der Waals surface area contributed by atoms with Gasteiger partial charge in [0.2, 0.25) is 0 Å². The second kappa shape index (κ2) is 4.74. The van der Waals surface area contributed by atoms with Crippen LogP contribution in [-0.2, 0) is 0 Å². The van der Waals surface area contributed by atoms with Crippen LogP contribution in [0.1, 0.15) is 0 Å². The molecule has 0 atom stereocenters. The zero-order chi connectivity index (χ0) is 11.4. The molecule has 16 heavy (non-hydrogen) atoms. The van der Waals surface area contributed by atoms with Crippen LogP contribution in [0, 0.1) is 0 Å².